The average Bonchev–Trinajstić information content (AvgIpc) is 1.88. The Morgan fingerprint density at radius 3 is 2.45 bits per heavy atom. The van der Waals surface area contributed by atoms with Gasteiger partial charge in [-0.1, -0.05) is 42.1 Å². The van der Waals surface area contributed by atoms with Crippen LogP contribution < -0.4 is 0 Å². The second kappa shape index (κ2) is 5.15. The maximum absolute atomic E-state index is 10.8. The summed E-state index contributed by atoms with van der Waals surface area (Å²) in [5, 5.41) is -0.298. The minimum atomic E-state index is -0.510. The molecular weight excluding hydrogens is 227 g/mol. The maximum Gasteiger partial charge on any atom is 0.238 e. The van der Waals surface area contributed by atoms with Crippen molar-refractivity contribution in [2.75, 3.05) is 0 Å². The third kappa shape index (κ3) is 4.81. The highest BCUT2D eigenvalue weighted by Crippen LogP contribution is 2.27. The van der Waals surface area contributed by atoms with E-state index in [1.165, 1.54) is 6.42 Å². The smallest absolute Gasteiger partial charge is 0.238 e. The van der Waals surface area contributed by atoms with Gasteiger partial charge >= 0.3 is 0 Å². The number of hydrogen-bond acceptors (Lipinski definition) is 1. The normalized spacial score (nSPS) is 16.0. The zero-order valence-electron chi connectivity index (χ0n) is 6.99. The van der Waals surface area contributed by atoms with Gasteiger partial charge in [-0.05, 0) is 24.9 Å². The van der Waals surface area contributed by atoms with E-state index in [4.69, 9.17) is 11.6 Å². The molecule has 0 aromatic heterocycles. The molecule has 0 amide bonds. The van der Waals surface area contributed by atoms with Crippen LogP contribution in [-0.4, -0.2) is 9.57 Å². The van der Waals surface area contributed by atoms with Crippen LogP contribution in [0.4, 0.5) is 0 Å². The molecule has 1 atom stereocenters. The molecule has 0 fully saturated rings. The van der Waals surface area contributed by atoms with Crippen molar-refractivity contribution < 1.29 is 4.79 Å². The SMILES string of the molecule is CCCCCC(C)(Br)C(=O)Cl. The van der Waals surface area contributed by atoms with Gasteiger partial charge in [-0.2, -0.15) is 0 Å². The Kier molecular flexibility index (Phi) is 5.36. The number of carbonyl (C=O) groups excluding carboxylic acids is 1. The molecule has 0 rings (SSSR count). The summed E-state index contributed by atoms with van der Waals surface area (Å²) in [5.74, 6) is 0. The summed E-state index contributed by atoms with van der Waals surface area (Å²) >= 11 is 8.66. The van der Waals surface area contributed by atoms with Crippen molar-refractivity contribution in [1.29, 1.82) is 0 Å². The highest BCUT2D eigenvalue weighted by molar-refractivity contribution is 9.10. The van der Waals surface area contributed by atoms with E-state index in [1.54, 1.807) is 0 Å². The molecule has 0 aliphatic rings. The largest absolute Gasteiger partial charge is 0.280 e. The van der Waals surface area contributed by atoms with Gasteiger partial charge < -0.3 is 0 Å². The molecule has 1 unspecified atom stereocenters. The van der Waals surface area contributed by atoms with Gasteiger partial charge in [-0.3, -0.25) is 4.79 Å². The van der Waals surface area contributed by atoms with Gasteiger partial charge in [0, 0.05) is 0 Å². The van der Waals surface area contributed by atoms with Crippen LogP contribution in [0.1, 0.15) is 39.5 Å². The molecule has 0 aliphatic heterocycles. The quantitative estimate of drug-likeness (QED) is 0.409. The van der Waals surface area contributed by atoms with Crippen LogP contribution in [0.2, 0.25) is 0 Å². The van der Waals surface area contributed by atoms with Crippen molar-refractivity contribution in [1.82, 2.24) is 0 Å². The number of unbranched alkanes of at least 4 members (excludes halogenated alkanes) is 2. The van der Waals surface area contributed by atoms with Crippen LogP contribution in [-0.2, 0) is 4.79 Å². The minimum absolute atomic E-state index is 0.298. The number of alkyl halides is 1. The molecule has 0 N–H and O–H groups in total. The van der Waals surface area contributed by atoms with Crippen LogP contribution in [0.15, 0.2) is 0 Å². The lowest BCUT2D eigenvalue weighted by Crippen LogP contribution is -2.23. The number of rotatable bonds is 5. The Bertz CT molecular complexity index is 134. The Balaban J connectivity index is 3.64. The molecule has 0 aromatic rings. The molecule has 0 aliphatic carbocycles. The standard InChI is InChI=1S/C8H14BrClO/c1-3-4-5-6-8(2,9)7(10)11/h3-6H2,1-2H3. The fraction of sp³-hybridized carbons (Fsp3) is 0.875. The zero-order valence-corrected chi connectivity index (χ0v) is 9.33. The predicted octanol–water partition coefficient (Wildman–Crippen LogP) is 3.49. The Morgan fingerprint density at radius 1 is 1.55 bits per heavy atom. The molecule has 0 radical (unpaired) electrons. The van der Waals surface area contributed by atoms with Crippen molar-refractivity contribution in [2.45, 2.75) is 43.9 Å². The third-order valence-corrected chi connectivity index (χ3v) is 3.06. The lowest BCUT2D eigenvalue weighted by Gasteiger charge is -2.16. The third-order valence-electron chi connectivity index (χ3n) is 1.66. The van der Waals surface area contributed by atoms with Gasteiger partial charge in [0.2, 0.25) is 5.24 Å². The van der Waals surface area contributed by atoms with Crippen LogP contribution in [0.5, 0.6) is 0 Å². The van der Waals surface area contributed by atoms with Crippen LogP contribution in [0.25, 0.3) is 0 Å². The van der Waals surface area contributed by atoms with Crippen LogP contribution in [0, 0.1) is 0 Å². The number of halogens is 2. The minimum Gasteiger partial charge on any atom is -0.280 e. The molecule has 3 heteroatoms. The topological polar surface area (TPSA) is 17.1 Å². The fourth-order valence-electron chi connectivity index (χ4n) is 0.805. The summed E-state index contributed by atoms with van der Waals surface area (Å²) in [5.41, 5.74) is 0. The van der Waals surface area contributed by atoms with Gasteiger partial charge in [-0.25, -0.2) is 0 Å². The number of hydrogen-bond donors (Lipinski definition) is 0. The highest BCUT2D eigenvalue weighted by atomic mass is 79.9. The molecule has 0 saturated heterocycles. The molecule has 11 heavy (non-hydrogen) atoms. The summed E-state index contributed by atoms with van der Waals surface area (Å²) in [6, 6.07) is 0. The van der Waals surface area contributed by atoms with Gasteiger partial charge in [-0.15, -0.1) is 0 Å². The summed E-state index contributed by atoms with van der Waals surface area (Å²) in [7, 11) is 0. The van der Waals surface area contributed by atoms with E-state index >= 15 is 0 Å². The molecule has 0 aromatic carbocycles. The average molecular weight is 242 g/mol. The molecular formula is C8H14BrClO. The van der Waals surface area contributed by atoms with Gasteiger partial charge in [0.05, 0.1) is 4.32 Å². The molecule has 0 bridgehead atoms. The second-order valence-corrected chi connectivity index (χ2v) is 5.02. The van der Waals surface area contributed by atoms with E-state index in [1.807, 2.05) is 6.92 Å². The first kappa shape index (κ1) is 11.4. The lowest BCUT2D eigenvalue weighted by molar-refractivity contribution is -0.113. The van der Waals surface area contributed by atoms with E-state index in [-0.39, 0.29) is 5.24 Å². The van der Waals surface area contributed by atoms with E-state index in [0.29, 0.717) is 0 Å². The summed E-state index contributed by atoms with van der Waals surface area (Å²) in [4.78, 5) is 10.8. The van der Waals surface area contributed by atoms with Crippen molar-refractivity contribution in [3.63, 3.8) is 0 Å². The fourth-order valence-corrected chi connectivity index (χ4v) is 1.18. The molecule has 0 saturated carbocycles. The van der Waals surface area contributed by atoms with Crippen molar-refractivity contribution in [3.8, 4) is 0 Å². The van der Waals surface area contributed by atoms with Crippen LogP contribution >= 0.6 is 27.5 Å². The summed E-state index contributed by atoms with van der Waals surface area (Å²) in [6.07, 6.45) is 4.20. The van der Waals surface area contributed by atoms with E-state index < -0.39 is 4.32 Å². The van der Waals surface area contributed by atoms with Crippen LogP contribution in [0.3, 0.4) is 0 Å². The predicted molar refractivity (Wildman–Crippen MR) is 52.3 cm³/mol. The first-order valence-electron chi connectivity index (χ1n) is 3.89. The van der Waals surface area contributed by atoms with Crippen molar-refractivity contribution >= 4 is 32.8 Å². The Hall–Kier alpha value is 0.440. The summed E-state index contributed by atoms with van der Waals surface area (Å²) < 4.78 is -0.510. The van der Waals surface area contributed by atoms with Crippen molar-refractivity contribution in [3.05, 3.63) is 0 Å². The molecule has 0 heterocycles. The molecule has 66 valence electrons. The lowest BCUT2D eigenvalue weighted by atomic mass is 10.0. The Morgan fingerprint density at radius 2 is 2.09 bits per heavy atom. The highest BCUT2D eigenvalue weighted by Gasteiger charge is 2.26. The van der Waals surface area contributed by atoms with Gasteiger partial charge in [0.15, 0.2) is 0 Å². The van der Waals surface area contributed by atoms with E-state index in [9.17, 15) is 4.79 Å². The second-order valence-electron chi connectivity index (χ2n) is 2.93. The van der Waals surface area contributed by atoms with Gasteiger partial charge in [0.25, 0.3) is 0 Å². The number of carbonyl (C=O) groups is 1. The first-order valence-corrected chi connectivity index (χ1v) is 5.06. The summed E-state index contributed by atoms with van der Waals surface area (Å²) in [6.45, 7) is 3.95. The van der Waals surface area contributed by atoms with E-state index in [0.717, 1.165) is 19.3 Å². The molecule has 0 spiro atoms. The van der Waals surface area contributed by atoms with Crippen molar-refractivity contribution in [2.24, 2.45) is 0 Å². The van der Waals surface area contributed by atoms with Gasteiger partial charge in [0.1, 0.15) is 0 Å². The van der Waals surface area contributed by atoms with E-state index in [2.05, 4.69) is 22.9 Å². The monoisotopic (exact) mass is 240 g/mol. The first-order chi connectivity index (χ1) is 5.00. The molecule has 1 nitrogen and oxygen atoms in total. The maximum atomic E-state index is 10.8. The Labute approximate surface area is 81.6 Å². The zero-order chi connectivity index (χ0) is 8.91.